The molecule has 0 spiro atoms. The van der Waals surface area contributed by atoms with Crippen LogP contribution in [0.1, 0.15) is 4.88 Å². The van der Waals surface area contributed by atoms with Gasteiger partial charge in [0.15, 0.2) is 0 Å². The van der Waals surface area contributed by atoms with Gasteiger partial charge >= 0.3 is 0 Å². The highest BCUT2D eigenvalue weighted by Crippen LogP contribution is 2.09. The Morgan fingerprint density at radius 1 is 1.50 bits per heavy atom. The number of nitrogens with two attached hydrogens (primary N) is 1. The third-order valence-electron chi connectivity index (χ3n) is 1.60. The molecule has 14 heavy (non-hydrogen) atoms. The monoisotopic (exact) mass is 207 g/mol. The molecular formula is C8H9N5S. The zero-order chi connectivity index (χ0) is 9.80. The van der Waals surface area contributed by atoms with Gasteiger partial charge in [-0.2, -0.15) is 4.98 Å². The van der Waals surface area contributed by atoms with Crippen molar-refractivity contribution in [1.82, 2.24) is 15.0 Å². The summed E-state index contributed by atoms with van der Waals surface area (Å²) in [7, 11) is 0. The van der Waals surface area contributed by atoms with E-state index in [-0.39, 0.29) is 5.95 Å². The molecule has 0 aliphatic rings. The van der Waals surface area contributed by atoms with Crippen LogP contribution in [0.25, 0.3) is 0 Å². The molecule has 0 saturated carbocycles. The Morgan fingerprint density at radius 3 is 3.14 bits per heavy atom. The Morgan fingerprint density at radius 2 is 2.43 bits per heavy atom. The number of rotatable bonds is 3. The molecule has 0 amide bonds. The second-order valence-electron chi connectivity index (χ2n) is 2.62. The highest BCUT2D eigenvalue weighted by molar-refractivity contribution is 7.09. The van der Waals surface area contributed by atoms with Gasteiger partial charge < -0.3 is 11.1 Å². The summed E-state index contributed by atoms with van der Waals surface area (Å²) in [6.07, 6.45) is 3.44. The molecule has 2 heterocycles. The van der Waals surface area contributed by atoms with E-state index >= 15 is 0 Å². The summed E-state index contributed by atoms with van der Waals surface area (Å²) in [6.45, 7) is 0.709. The Bertz CT molecular complexity index is 400. The predicted octanol–water partition coefficient (Wildman–Crippen LogP) is 1.13. The van der Waals surface area contributed by atoms with Crippen molar-refractivity contribution in [1.29, 1.82) is 0 Å². The standard InChI is InChI=1S/C8H9N5S/c9-8-11-2-1-7(13-8)12-4-6-3-10-5-14-6/h1-3,5H,4H2,(H3,9,11,12,13). The molecular weight excluding hydrogens is 198 g/mol. The van der Waals surface area contributed by atoms with Gasteiger partial charge in [-0.3, -0.25) is 4.98 Å². The fourth-order valence-electron chi connectivity index (χ4n) is 0.979. The zero-order valence-electron chi connectivity index (χ0n) is 7.34. The molecule has 6 heteroatoms. The van der Waals surface area contributed by atoms with E-state index in [1.165, 1.54) is 0 Å². The summed E-state index contributed by atoms with van der Waals surface area (Å²) in [4.78, 5) is 12.9. The van der Waals surface area contributed by atoms with Crippen molar-refractivity contribution in [2.75, 3.05) is 11.1 Å². The minimum Gasteiger partial charge on any atom is -0.368 e. The van der Waals surface area contributed by atoms with Crippen LogP contribution in [0.15, 0.2) is 24.0 Å². The van der Waals surface area contributed by atoms with Crippen molar-refractivity contribution < 1.29 is 0 Å². The highest BCUT2D eigenvalue weighted by Gasteiger charge is 1.96. The minimum atomic E-state index is 0.277. The first-order chi connectivity index (χ1) is 6.84. The minimum absolute atomic E-state index is 0.277. The Kier molecular flexibility index (Phi) is 2.55. The topological polar surface area (TPSA) is 76.7 Å². The van der Waals surface area contributed by atoms with Gasteiger partial charge in [0.1, 0.15) is 5.82 Å². The summed E-state index contributed by atoms with van der Waals surface area (Å²) in [6, 6.07) is 1.78. The number of nitrogen functional groups attached to an aromatic ring is 1. The molecule has 0 saturated heterocycles. The first kappa shape index (κ1) is 8.89. The van der Waals surface area contributed by atoms with Crippen LogP contribution < -0.4 is 11.1 Å². The van der Waals surface area contributed by atoms with Crippen LogP contribution in [-0.4, -0.2) is 15.0 Å². The number of hydrogen-bond acceptors (Lipinski definition) is 6. The number of anilines is 2. The molecule has 5 nitrogen and oxygen atoms in total. The molecule has 2 aromatic heterocycles. The Labute approximate surface area is 85.0 Å². The lowest BCUT2D eigenvalue weighted by Crippen LogP contribution is -2.02. The van der Waals surface area contributed by atoms with Gasteiger partial charge in [-0.1, -0.05) is 0 Å². The maximum atomic E-state index is 5.44. The van der Waals surface area contributed by atoms with Gasteiger partial charge in [0.25, 0.3) is 0 Å². The molecule has 0 unspecified atom stereocenters. The summed E-state index contributed by atoms with van der Waals surface area (Å²) in [5, 5.41) is 3.13. The van der Waals surface area contributed by atoms with Gasteiger partial charge in [-0.15, -0.1) is 11.3 Å². The predicted molar refractivity (Wildman–Crippen MR) is 55.9 cm³/mol. The molecule has 0 radical (unpaired) electrons. The average Bonchev–Trinajstić information content (AvgIpc) is 2.67. The number of nitrogens with one attached hydrogen (secondary N) is 1. The number of nitrogens with zero attached hydrogens (tertiary/aromatic N) is 3. The third kappa shape index (κ3) is 2.17. The van der Waals surface area contributed by atoms with Crippen LogP contribution >= 0.6 is 11.3 Å². The van der Waals surface area contributed by atoms with Crippen molar-refractivity contribution in [2.45, 2.75) is 6.54 Å². The van der Waals surface area contributed by atoms with Crippen LogP contribution in [0.5, 0.6) is 0 Å². The number of aromatic nitrogens is 3. The largest absolute Gasteiger partial charge is 0.368 e. The maximum absolute atomic E-state index is 5.44. The van der Waals surface area contributed by atoms with E-state index in [2.05, 4.69) is 20.3 Å². The van der Waals surface area contributed by atoms with Gasteiger partial charge in [0, 0.05) is 17.3 Å². The smallest absolute Gasteiger partial charge is 0.221 e. The second-order valence-corrected chi connectivity index (χ2v) is 3.59. The fraction of sp³-hybridized carbons (Fsp3) is 0.125. The quantitative estimate of drug-likeness (QED) is 0.788. The summed E-state index contributed by atoms with van der Waals surface area (Å²) in [5.74, 6) is 1.00. The first-order valence-electron chi connectivity index (χ1n) is 4.04. The summed E-state index contributed by atoms with van der Waals surface area (Å²) >= 11 is 1.60. The van der Waals surface area contributed by atoms with E-state index in [9.17, 15) is 0 Å². The van der Waals surface area contributed by atoms with Crippen molar-refractivity contribution in [3.8, 4) is 0 Å². The molecule has 72 valence electrons. The van der Waals surface area contributed by atoms with Crippen LogP contribution in [0.4, 0.5) is 11.8 Å². The van der Waals surface area contributed by atoms with Gasteiger partial charge in [0.2, 0.25) is 5.95 Å². The van der Waals surface area contributed by atoms with E-state index in [1.807, 2.05) is 6.20 Å². The third-order valence-corrected chi connectivity index (χ3v) is 2.38. The first-order valence-corrected chi connectivity index (χ1v) is 4.92. The molecule has 3 N–H and O–H groups in total. The molecule has 0 aromatic carbocycles. The van der Waals surface area contributed by atoms with Crippen LogP contribution in [-0.2, 0) is 6.54 Å². The van der Waals surface area contributed by atoms with E-state index < -0.39 is 0 Å². The normalized spacial score (nSPS) is 10.0. The van der Waals surface area contributed by atoms with Crippen molar-refractivity contribution in [2.24, 2.45) is 0 Å². The number of thiazole rings is 1. The Hall–Kier alpha value is -1.69. The molecule has 0 bridgehead atoms. The lowest BCUT2D eigenvalue weighted by molar-refractivity contribution is 1.10. The maximum Gasteiger partial charge on any atom is 0.221 e. The van der Waals surface area contributed by atoms with Crippen LogP contribution in [0, 0.1) is 0 Å². The van der Waals surface area contributed by atoms with Gasteiger partial charge in [0.05, 0.1) is 12.1 Å². The summed E-state index contributed by atoms with van der Waals surface area (Å²) < 4.78 is 0. The van der Waals surface area contributed by atoms with E-state index in [1.54, 1.807) is 29.1 Å². The van der Waals surface area contributed by atoms with Crippen molar-refractivity contribution >= 4 is 23.1 Å². The summed E-state index contributed by atoms with van der Waals surface area (Å²) in [5.41, 5.74) is 7.23. The fourth-order valence-corrected chi connectivity index (χ4v) is 1.51. The molecule has 0 aliphatic carbocycles. The molecule has 2 rings (SSSR count). The van der Waals surface area contributed by atoms with E-state index in [0.717, 1.165) is 10.7 Å². The van der Waals surface area contributed by atoms with Crippen molar-refractivity contribution in [3.05, 3.63) is 28.8 Å². The Balaban J connectivity index is 1.98. The lowest BCUT2D eigenvalue weighted by atomic mass is 10.5. The van der Waals surface area contributed by atoms with Gasteiger partial charge in [-0.05, 0) is 6.07 Å². The molecule has 2 aromatic rings. The van der Waals surface area contributed by atoms with Crippen molar-refractivity contribution in [3.63, 3.8) is 0 Å². The molecule has 0 atom stereocenters. The average molecular weight is 207 g/mol. The zero-order valence-corrected chi connectivity index (χ0v) is 8.16. The van der Waals surface area contributed by atoms with E-state index in [4.69, 9.17) is 5.73 Å². The van der Waals surface area contributed by atoms with Gasteiger partial charge in [-0.25, -0.2) is 4.98 Å². The SMILES string of the molecule is Nc1nccc(NCc2cncs2)n1. The number of hydrogen-bond donors (Lipinski definition) is 2. The molecule has 0 fully saturated rings. The van der Waals surface area contributed by atoms with Crippen LogP contribution in [0.2, 0.25) is 0 Å². The van der Waals surface area contributed by atoms with Crippen LogP contribution in [0.3, 0.4) is 0 Å². The van der Waals surface area contributed by atoms with E-state index in [0.29, 0.717) is 6.54 Å². The lowest BCUT2D eigenvalue weighted by Gasteiger charge is -2.02. The molecule has 0 aliphatic heterocycles. The second kappa shape index (κ2) is 4.01. The highest BCUT2D eigenvalue weighted by atomic mass is 32.1.